The highest BCUT2D eigenvalue weighted by atomic mass is 32.2. The summed E-state index contributed by atoms with van der Waals surface area (Å²) in [7, 11) is -4.50. The molecule has 0 bridgehead atoms. The van der Waals surface area contributed by atoms with Crippen LogP contribution in [0.2, 0.25) is 0 Å². The van der Waals surface area contributed by atoms with Crippen molar-refractivity contribution in [3.8, 4) is 0 Å². The average Bonchev–Trinajstić information content (AvgIpc) is 1.56. The van der Waals surface area contributed by atoms with Crippen molar-refractivity contribution in [2.24, 2.45) is 5.14 Å². The fourth-order valence-corrected chi connectivity index (χ4v) is 1.49. The average molecular weight is 191 g/mol. The maximum atomic E-state index is 11.8. The summed E-state index contributed by atoms with van der Waals surface area (Å²) in [6, 6.07) is 0. The Kier molecular flexibility index (Phi) is 2.90. The maximum Gasteiger partial charge on any atom is 0.406 e. The highest BCUT2D eigenvalue weighted by Crippen LogP contribution is 2.26. The third-order valence-electron chi connectivity index (χ3n) is 1.13. The Morgan fingerprint density at radius 3 is 1.82 bits per heavy atom. The van der Waals surface area contributed by atoms with Gasteiger partial charge < -0.3 is 0 Å². The van der Waals surface area contributed by atoms with Crippen LogP contribution in [0.5, 0.6) is 0 Å². The first-order valence-corrected chi connectivity index (χ1v) is 4.39. The fraction of sp³-hybridized carbons (Fsp3) is 1.00. The minimum atomic E-state index is -4.76. The number of halogens is 3. The van der Waals surface area contributed by atoms with Crippen molar-refractivity contribution in [3.05, 3.63) is 0 Å². The van der Waals surface area contributed by atoms with Crippen molar-refractivity contribution in [1.29, 1.82) is 0 Å². The molecule has 0 amide bonds. The summed E-state index contributed by atoms with van der Waals surface area (Å²) in [4.78, 5) is 0. The van der Waals surface area contributed by atoms with Gasteiger partial charge in [0.2, 0.25) is 10.0 Å². The van der Waals surface area contributed by atoms with Gasteiger partial charge in [-0.05, 0) is 6.42 Å². The number of primary sulfonamides is 1. The monoisotopic (exact) mass is 191 g/mol. The lowest BCUT2D eigenvalue weighted by Gasteiger charge is -2.15. The Hall–Kier alpha value is -0.300. The first-order chi connectivity index (χ1) is 4.69. The Labute approximate surface area is 62.4 Å². The van der Waals surface area contributed by atoms with Gasteiger partial charge in [0.15, 0.2) is 5.25 Å². The van der Waals surface area contributed by atoms with Crippen LogP contribution in [0.3, 0.4) is 0 Å². The molecule has 3 nitrogen and oxygen atoms in total. The Morgan fingerprint density at radius 2 is 1.82 bits per heavy atom. The van der Waals surface area contributed by atoms with Gasteiger partial charge in [0.1, 0.15) is 0 Å². The second-order valence-electron chi connectivity index (χ2n) is 2.03. The van der Waals surface area contributed by atoms with Crippen LogP contribution < -0.4 is 5.14 Å². The molecule has 1 unspecified atom stereocenters. The van der Waals surface area contributed by atoms with E-state index in [0.29, 0.717) is 0 Å². The number of sulfonamides is 1. The van der Waals surface area contributed by atoms with Crippen molar-refractivity contribution < 1.29 is 21.6 Å². The molecule has 0 aliphatic carbocycles. The largest absolute Gasteiger partial charge is 0.406 e. The Morgan fingerprint density at radius 1 is 1.45 bits per heavy atom. The van der Waals surface area contributed by atoms with Crippen LogP contribution in [0.1, 0.15) is 13.3 Å². The third kappa shape index (κ3) is 3.06. The molecule has 0 rings (SSSR count). The van der Waals surface area contributed by atoms with Crippen LogP contribution in [0.15, 0.2) is 0 Å². The minimum absolute atomic E-state index is 0.553. The summed E-state index contributed by atoms with van der Waals surface area (Å²) in [5.74, 6) is 0. The van der Waals surface area contributed by atoms with E-state index in [1.165, 1.54) is 0 Å². The molecule has 0 heterocycles. The molecule has 68 valence electrons. The van der Waals surface area contributed by atoms with E-state index in [-0.39, 0.29) is 0 Å². The molecule has 0 spiro atoms. The molecule has 7 heteroatoms. The van der Waals surface area contributed by atoms with Gasteiger partial charge in [0, 0.05) is 0 Å². The van der Waals surface area contributed by atoms with Gasteiger partial charge in [-0.3, -0.25) is 0 Å². The second-order valence-corrected chi connectivity index (χ2v) is 3.77. The summed E-state index contributed by atoms with van der Waals surface area (Å²) < 4.78 is 55.8. The van der Waals surface area contributed by atoms with Crippen molar-refractivity contribution in [1.82, 2.24) is 0 Å². The zero-order valence-corrected chi connectivity index (χ0v) is 6.54. The predicted octanol–water partition coefficient (Wildman–Crippen LogP) is 0.616. The Balaban J connectivity index is 4.72. The number of rotatable bonds is 2. The molecule has 0 aliphatic heterocycles. The quantitative estimate of drug-likeness (QED) is 0.695. The number of hydrogen-bond acceptors (Lipinski definition) is 2. The summed E-state index contributed by atoms with van der Waals surface area (Å²) in [6.07, 6.45) is -5.31. The standard InChI is InChI=1S/C4H8F3NO2S/c1-2-3(4(5,6)7)11(8,9)10/h3H,2H2,1H3,(H2,8,9,10). The molecule has 1 atom stereocenters. The SMILES string of the molecule is CCC(C(F)(F)F)S(N)(=O)=O. The van der Waals surface area contributed by atoms with E-state index >= 15 is 0 Å². The van der Waals surface area contributed by atoms with Gasteiger partial charge in [0.25, 0.3) is 0 Å². The van der Waals surface area contributed by atoms with Crippen LogP contribution in [-0.4, -0.2) is 19.8 Å². The van der Waals surface area contributed by atoms with Gasteiger partial charge in [-0.2, -0.15) is 13.2 Å². The molecular formula is C4H8F3NO2S. The van der Waals surface area contributed by atoms with Crippen molar-refractivity contribution in [3.63, 3.8) is 0 Å². The van der Waals surface area contributed by atoms with Crippen LogP contribution in [-0.2, 0) is 10.0 Å². The lowest BCUT2D eigenvalue weighted by Crippen LogP contribution is -2.40. The smallest absolute Gasteiger partial charge is 0.228 e. The topological polar surface area (TPSA) is 60.2 Å². The number of hydrogen-bond donors (Lipinski definition) is 1. The third-order valence-corrected chi connectivity index (χ3v) is 2.53. The molecule has 0 fully saturated rings. The van der Waals surface area contributed by atoms with E-state index < -0.39 is 27.9 Å². The molecule has 0 aliphatic rings. The van der Waals surface area contributed by atoms with Crippen molar-refractivity contribution in [2.45, 2.75) is 24.8 Å². The molecule has 0 saturated carbocycles. The zero-order valence-electron chi connectivity index (χ0n) is 5.72. The zero-order chi connectivity index (χ0) is 9.28. The molecule has 11 heavy (non-hydrogen) atoms. The summed E-state index contributed by atoms with van der Waals surface area (Å²) >= 11 is 0. The first-order valence-electron chi connectivity index (χ1n) is 2.78. The van der Waals surface area contributed by atoms with E-state index in [0.717, 1.165) is 6.92 Å². The molecular weight excluding hydrogens is 183 g/mol. The highest BCUT2D eigenvalue weighted by Gasteiger charge is 2.45. The molecule has 0 saturated heterocycles. The van der Waals surface area contributed by atoms with Crippen molar-refractivity contribution >= 4 is 10.0 Å². The fourth-order valence-electron chi connectivity index (χ4n) is 0.650. The van der Waals surface area contributed by atoms with E-state index in [1.807, 2.05) is 0 Å². The van der Waals surface area contributed by atoms with Crippen LogP contribution in [0.25, 0.3) is 0 Å². The van der Waals surface area contributed by atoms with E-state index in [1.54, 1.807) is 0 Å². The van der Waals surface area contributed by atoms with Crippen LogP contribution in [0.4, 0.5) is 13.2 Å². The minimum Gasteiger partial charge on any atom is -0.228 e. The Bertz CT molecular complexity index is 220. The van der Waals surface area contributed by atoms with Gasteiger partial charge in [-0.25, -0.2) is 13.6 Å². The second kappa shape index (κ2) is 2.98. The molecule has 2 N–H and O–H groups in total. The normalized spacial score (nSPS) is 16.5. The van der Waals surface area contributed by atoms with E-state index in [4.69, 9.17) is 0 Å². The van der Waals surface area contributed by atoms with Crippen LogP contribution in [0, 0.1) is 0 Å². The van der Waals surface area contributed by atoms with E-state index in [2.05, 4.69) is 5.14 Å². The first kappa shape index (κ1) is 10.7. The predicted molar refractivity (Wildman–Crippen MR) is 33.2 cm³/mol. The van der Waals surface area contributed by atoms with Crippen LogP contribution >= 0.6 is 0 Å². The van der Waals surface area contributed by atoms with Gasteiger partial charge in [-0.15, -0.1) is 0 Å². The van der Waals surface area contributed by atoms with E-state index in [9.17, 15) is 21.6 Å². The molecule has 0 aromatic rings. The van der Waals surface area contributed by atoms with Gasteiger partial charge >= 0.3 is 6.18 Å². The molecule has 0 aromatic carbocycles. The maximum absolute atomic E-state index is 11.8. The molecule has 0 radical (unpaired) electrons. The summed E-state index contributed by atoms with van der Waals surface area (Å²) in [6.45, 7) is 1.11. The number of alkyl halides is 3. The number of nitrogens with two attached hydrogens (primary N) is 1. The molecule has 0 aromatic heterocycles. The summed E-state index contributed by atoms with van der Waals surface area (Å²) in [5.41, 5.74) is 0. The van der Waals surface area contributed by atoms with Crippen molar-refractivity contribution in [2.75, 3.05) is 0 Å². The van der Waals surface area contributed by atoms with Gasteiger partial charge in [-0.1, -0.05) is 6.92 Å². The lowest BCUT2D eigenvalue weighted by atomic mass is 10.3. The van der Waals surface area contributed by atoms with Gasteiger partial charge in [0.05, 0.1) is 0 Å². The lowest BCUT2D eigenvalue weighted by molar-refractivity contribution is -0.130. The summed E-state index contributed by atoms with van der Waals surface area (Å²) in [5, 5.41) is 1.89. The highest BCUT2D eigenvalue weighted by molar-refractivity contribution is 7.89.